The van der Waals surface area contributed by atoms with E-state index in [9.17, 15) is 9.90 Å². The van der Waals surface area contributed by atoms with Gasteiger partial charge in [0.25, 0.3) is 5.78 Å². The standard InChI is InChI=1S/C46H68O2/c1-3-5-6-7-8-9-10-11-12-13-14-15-16-17-18-19-20-21-25-28-31-34-37-40-43-46(48)44-41-38-35-32-29-26-23-22-24-27-30-33-36-39-42-45(47)4-2/h1-2,21,23,25-26,34,37,39,42,45,47H,5-20,22,24,27-33,35-36,38H2. The summed E-state index contributed by atoms with van der Waals surface area (Å²) in [5.41, 5.74) is 0. The lowest BCUT2D eigenvalue weighted by Gasteiger charge is -2.03. The molecule has 0 amide bonds. The Kier molecular flexibility index (Phi) is 37.4. The Morgan fingerprint density at radius 1 is 0.500 bits per heavy atom. The summed E-state index contributed by atoms with van der Waals surface area (Å²) in [6.07, 6.45) is 60.2. The summed E-state index contributed by atoms with van der Waals surface area (Å²) in [6.45, 7) is 0. The molecule has 0 bridgehead atoms. The molecule has 264 valence electrons. The van der Waals surface area contributed by atoms with Crippen LogP contribution in [0.3, 0.4) is 0 Å². The Balaban J connectivity index is 3.50. The number of Topliss-reactive ketones (excluding diaryl/α,β-unsaturated/α-hetero) is 1. The molecule has 48 heavy (non-hydrogen) atoms. The average molecular weight is 653 g/mol. The average Bonchev–Trinajstić information content (AvgIpc) is 3.09. The summed E-state index contributed by atoms with van der Waals surface area (Å²) in [5, 5.41) is 9.25. The summed E-state index contributed by atoms with van der Waals surface area (Å²) < 4.78 is 0. The lowest BCUT2D eigenvalue weighted by atomic mass is 10.0. The minimum Gasteiger partial charge on any atom is -0.377 e. The van der Waals surface area contributed by atoms with Gasteiger partial charge in [0.1, 0.15) is 6.10 Å². The fraction of sp³-hybridized carbons (Fsp3) is 0.630. The second-order valence-corrected chi connectivity index (χ2v) is 12.8. The molecule has 0 aromatic carbocycles. The van der Waals surface area contributed by atoms with Crippen molar-refractivity contribution in [2.75, 3.05) is 0 Å². The van der Waals surface area contributed by atoms with Crippen molar-refractivity contribution < 1.29 is 9.90 Å². The number of carbonyl (C=O) groups is 1. The molecule has 1 N–H and O–H groups in total. The number of hydrogen-bond acceptors (Lipinski definition) is 2. The first-order chi connectivity index (χ1) is 23.7. The lowest BCUT2D eigenvalue weighted by Crippen LogP contribution is -1.95. The van der Waals surface area contributed by atoms with Crippen LogP contribution in [0.2, 0.25) is 0 Å². The van der Waals surface area contributed by atoms with Gasteiger partial charge in [0.2, 0.25) is 0 Å². The van der Waals surface area contributed by atoms with Crippen LogP contribution in [0.15, 0.2) is 48.6 Å². The molecule has 0 fully saturated rings. The highest BCUT2D eigenvalue weighted by atomic mass is 16.3. The van der Waals surface area contributed by atoms with E-state index in [-0.39, 0.29) is 5.78 Å². The molecule has 0 aliphatic rings. The van der Waals surface area contributed by atoms with E-state index in [1.165, 1.54) is 116 Å². The third kappa shape index (κ3) is 39.0. The maximum absolute atomic E-state index is 11.8. The van der Waals surface area contributed by atoms with Gasteiger partial charge in [-0.05, 0) is 101 Å². The molecule has 0 radical (unpaired) electrons. The SMILES string of the molecule is C#CCCCCCCCCCCCCCCCCC=CCCC=CC#CC(=O)C#CCCCCC=CCCCCCCC=CC(O)C#C. The summed E-state index contributed by atoms with van der Waals surface area (Å²) in [4.78, 5) is 11.8. The van der Waals surface area contributed by atoms with Gasteiger partial charge in [-0.2, -0.15) is 0 Å². The molecule has 0 spiro atoms. The van der Waals surface area contributed by atoms with Gasteiger partial charge in [-0.25, -0.2) is 0 Å². The van der Waals surface area contributed by atoms with Gasteiger partial charge in [-0.15, -0.1) is 18.8 Å². The van der Waals surface area contributed by atoms with Gasteiger partial charge < -0.3 is 5.11 Å². The van der Waals surface area contributed by atoms with Crippen LogP contribution in [0.5, 0.6) is 0 Å². The van der Waals surface area contributed by atoms with Crippen LogP contribution in [0.25, 0.3) is 0 Å². The predicted octanol–water partition coefficient (Wildman–Crippen LogP) is 12.3. The first-order valence-corrected chi connectivity index (χ1v) is 19.4. The molecule has 0 rings (SSSR count). The van der Waals surface area contributed by atoms with Gasteiger partial charge in [-0.3, -0.25) is 4.79 Å². The third-order valence-electron chi connectivity index (χ3n) is 8.27. The Morgan fingerprint density at radius 3 is 1.44 bits per heavy atom. The number of terminal acetylenes is 2. The van der Waals surface area contributed by atoms with Crippen LogP contribution in [0.4, 0.5) is 0 Å². The zero-order valence-corrected chi connectivity index (χ0v) is 30.5. The van der Waals surface area contributed by atoms with Crippen LogP contribution < -0.4 is 0 Å². The van der Waals surface area contributed by atoms with Gasteiger partial charge in [0, 0.05) is 12.8 Å². The topological polar surface area (TPSA) is 37.3 Å². The maximum Gasteiger partial charge on any atom is 0.279 e. The molecule has 1 unspecified atom stereocenters. The van der Waals surface area contributed by atoms with Crippen LogP contribution in [0, 0.1) is 48.4 Å². The van der Waals surface area contributed by atoms with E-state index in [0.29, 0.717) is 0 Å². The van der Waals surface area contributed by atoms with Crippen molar-refractivity contribution in [3.8, 4) is 48.4 Å². The summed E-state index contributed by atoms with van der Waals surface area (Å²) in [7, 11) is 0. The largest absolute Gasteiger partial charge is 0.377 e. The van der Waals surface area contributed by atoms with E-state index in [0.717, 1.165) is 64.2 Å². The highest BCUT2D eigenvalue weighted by molar-refractivity contribution is 6.08. The van der Waals surface area contributed by atoms with Gasteiger partial charge in [0.05, 0.1) is 0 Å². The van der Waals surface area contributed by atoms with Crippen molar-refractivity contribution in [1.29, 1.82) is 0 Å². The van der Waals surface area contributed by atoms with Crippen LogP contribution in [-0.4, -0.2) is 17.0 Å². The molecular weight excluding hydrogens is 585 g/mol. The minimum atomic E-state index is -0.749. The van der Waals surface area contributed by atoms with E-state index in [1.807, 2.05) is 12.2 Å². The van der Waals surface area contributed by atoms with E-state index in [2.05, 4.69) is 59.8 Å². The Bertz CT molecular complexity index is 1070. The number of aliphatic hydroxyl groups is 1. The van der Waals surface area contributed by atoms with Crippen molar-refractivity contribution >= 4 is 5.78 Å². The predicted molar refractivity (Wildman–Crippen MR) is 210 cm³/mol. The smallest absolute Gasteiger partial charge is 0.279 e. The molecule has 0 aliphatic carbocycles. The number of hydrogen-bond donors (Lipinski definition) is 1. The molecule has 0 aromatic heterocycles. The first-order valence-electron chi connectivity index (χ1n) is 19.4. The molecule has 0 saturated carbocycles. The van der Waals surface area contributed by atoms with Crippen LogP contribution in [-0.2, 0) is 4.79 Å². The lowest BCUT2D eigenvalue weighted by molar-refractivity contribution is -0.108. The van der Waals surface area contributed by atoms with Crippen LogP contribution in [0.1, 0.15) is 180 Å². The van der Waals surface area contributed by atoms with Crippen molar-refractivity contribution in [1.82, 2.24) is 0 Å². The van der Waals surface area contributed by atoms with Crippen molar-refractivity contribution in [2.45, 2.75) is 186 Å². The quantitative estimate of drug-likeness (QED) is 0.0350. The minimum absolute atomic E-state index is 0.296. The molecule has 0 aromatic rings. The van der Waals surface area contributed by atoms with Crippen LogP contribution >= 0.6 is 0 Å². The molecule has 2 nitrogen and oxygen atoms in total. The Labute approximate surface area is 297 Å². The molecular formula is C46H68O2. The second-order valence-electron chi connectivity index (χ2n) is 12.8. The number of aliphatic hydroxyl groups excluding tert-OH is 1. The number of ketones is 1. The Morgan fingerprint density at radius 2 is 0.917 bits per heavy atom. The van der Waals surface area contributed by atoms with E-state index >= 15 is 0 Å². The number of unbranched alkanes of at least 4 members (excludes halogenated alkanes) is 24. The van der Waals surface area contributed by atoms with E-state index < -0.39 is 6.10 Å². The van der Waals surface area contributed by atoms with Crippen molar-refractivity contribution in [3.63, 3.8) is 0 Å². The summed E-state index contributed by atoms with van der Waals surface area (Å²) in [5.74, 6) is 15.7. The Hall–Kier alpha value is -3.17. The normalized spacial score (nSPS) is 11.8. The van der Waals surface area contributed by atoms with Gasteiger partial charge in [-0.1, -0.05) is 144 Å². The number of carbonyl (C=O) groups excluding carboxylic acids is 1. The van der Waals surface area contributed by atoms with E-state index in [4.69, 9.17) is 12.8 Å². The number of rotatable bonds is 31. The number of allylic oxidation sites excluding steroid dienone is 7. The summed E-state index contributed by atoms with van der Waals surface area (Å²) >= 11 is 0. The fourth-order valence-corrected chi connectivity index (χ4v) is 5.33. The zero-order chi connectivity index (χ0) is 34.9. The highest BCUT2D eigenvalue weighted by Gasteiger charge is 1.95. The highest BCUT2D eigenvalue weighted by Crippen LogP contribution is 2.14. The molecule has 2 heteroatoms. The summed E-state index contributed by atoms with van der Waals surface area (Å²) in [6, 6.07) is 0. The zero-order valence-electron chi connectivity index (χ0n) is 30.5. The fourth-order valence-electron chi connectivity index (χ4n) is 5.33. The molecule has 0 saturated heterocycles. The third-order valence-corrected chi connectivity index (χ3v) is 8.27. The monoisotopic (exact) mass is 653 g/mol. The second kappa shape index (κ2) is 40.0. The van der Waals surface area contributed by atoms with E-state index in [1.54, 1.807) is 12.2 Å². The maximum atomic E-state index is 11.8. The van der Waals surface area contributed by atoms with Gasteiger partial charge >= 0.3 is 0 Å². The molecule has 0 heterocycles. The van der Waals surface area contributed by atoms with Crippen molar-refractivity contribution in [3.05, 3.63) is 48.6 Å². The molecule has 0 aliphatic heterocycles. The molecule has 1 atom stereocenters. The van der Waals surface area contributed by atoms with Crippen molar-refractivity contribution in [2.24, 2.45) is 0 Å². The first kappa shape index (κ1) is 44.8. The van der Waals surface area contributed by atoms with Gasteiger partial charge in [0.15, 0.2) is 0 Å².